The second kappa shape index (κ2) is 7.67. The van der Waals surface area contributed by atoms with Gasteiger partial charge in [-0.05, 0) is 48.4 Å². The highest BCUT2D eigenvalue weighted by Gasteiger charge is 2.41. The van der Waals surface area contributed by atoms with E-state index in [2.05, 4.69) is 46.6 Å². The van der Waals surface area contributed by atoms with Gasteiger partial charge in [0, 0.05) is 16.2 Å². The minimum atomic E-state index is -0.337. The van der Waals surface area contributed by atoms with E-state index in [0.29, 0.717) is 11.0 Å². The lowest BCUT2D eigenvalue weighted by Gasteiger charge is -2.39. The van der Waals surface area contributed by atoms with Crippen molar-refractivity contribution in [3.63, 3.8) is 0 Å². The van der Waals surface area contributed by atoms with E-state index in [0.717, 1.165) is 39.5 Å². The molecule has 3 heterocycles. The number of hydrogen-bond acceptors (Lipinski definition) is 5. The van der Waals surface area contributed by atoms with E-state index in [1.165, 1.54) is 5.56 Å². The predicted molar refractivity (Wildman–Crippen MR) is 128 cm³/mol. The van der Waals surface area contributed by atoms with Crippen molar-refractivity contribution in [3.05, 3.63) is 106 Å². The summed E-state index contributed by atoms with van der Waals surface area (Å²) in [5.74, 6) is 2.24. The van der Waals surface area contributed by atoms with Crippen molar-refractivity contribution in [2.24, 2.45) is 0 Å². The van der Waals surface area contributed by atoms with Crippen molar-refractivity contribution in [2.75, 3.05) is 12.4 Å². The molecule has 33 heavy (non-hydrogen) atoms. The first-order valence-corrected chi connectivity index (χ1v) is 11.1. The fourth-order valence-corrected chi connectivity index (χ4v) is 4.74. The molecule has 2 atom stereocenters. The number of hydrogen-bond donors (Lipinski definition) is 1. The van der Waals surface area contributed by atoms with Crippen LogP contribution in [0, 0.1) is 6.92 Å². The van der Waals surface area contributed by atoms with Gasteiger partial charge in [0.2, 0.25) is 5.95 Å². The van der Waals surface area contributed by atoms with Crippen LogP contribution in [-0.4, -0.2) is 21.9 Å². The highest BCUT2D eigenvalue weighted by Crippen LogP contribution is 2.51. The van der Waals surface area contributed by atoms with Gasteiger partial charge >= 0.3 is 0 Å². The van der Waals surface area contributed by atoms with Gasteiger partial charge in [-0.25, -0.2) is 4.68 Å². The van der Waals surface area contributed by atoms with Crippen LogP contribution in [0.4, 0.5) is 5.95 Å². The van der Waals surface area contributed by atoms with Crippen molar-refractivity contribution in [1.82, 2.24) is 14.8 Å². The summed E-state index contributed by atoms with van der Waals surface area (Å²) < 4.78 is 13.9. The van der Waals surface area contributed by atoms with Gasteiger partial charge in [-0.1, -0.05) is 53.6 Å². The Kier molecular flexibility index (Phi) is 4.62. The molecule has 2 aliphatic rings. The highest BCUT2D eigenvalue weighted by molar-refractivity contribution is 6.30. The van der Waals surface area contributed by atoms with Crippen molar-refractivity contribution >= 4 is 23.2 Å². The van der Waals surface area contributed by atoms with Crippen LogP contribution in [0.3, 0.4) is 0 Å². The normalized spacial score (nSPS) is 18.5. The van der Waals surface area contributed by atoms with E-state index in [1.54, 1.807) is 13.4 Å². The Morgan fingerprint density at radius 1 is 1.00 bits per heavy atom. The molecule has 6 rings (SSSR count). The van der Waals surface area contributed by atoms with Crippen molar-refractivity contribution in [3.8, 4) is 11.5 Å². The predicted octanol–water partition coefficient (Wildman–Crippen LogP) is 5.81. The molecule has 0 saturated heterocycles. The number of aryl methyl sites for hydroxylation is 1. The Morgan fingerprint density at radius 3 is 2.52 bits per heavy atom. The molecule has 0 bridgehead atoms. The number of aromatic nitrogens is 3. The third-order valence-electron chi connectivity index (χ3n) is 6.19. The third kappa shape index (κ3) is 3.26. The highest BCUT2D eigenvalue weighted by atomic mass is 35.5. The van der Waals surface area contributed by atoms with Crippen LogP contribution in [0.5, 0.6) is 11.5 Å². The number of ether oxygens (including phenoxy) is 2. The summed E-state index contributed by atoms with van der Waals surface area (Å²) in [5, 5.41) is 8.71. The lowest BCUT2D eigenvalue weighted by molar-refractivity contribution is 0.223. The molecular weight excluding hydrogens is 436 g/mol. The van der Waals surface area contributed by atoms with E-state index in [-0.39, 0.29) is 12.1 Å². The molecule has 0 spiro atoms. The molecule has 164 valence electrons. The molecule has 0 radical (unpaired) electrons. The molecule has 0 saturated carbocycles. The standard InChI is InChI=1S/C26H21ClN4O2/c1-15-3-5-16(6-4-15)24-22-23(30-26-28-14-29-31(24)26)20-13-18(27)9-12-21(20)33-25(22)17-7-10-19(32-2)11-8-17/h3-14,24-25H,1-2H3,(H,28,29,30)/t24-,25-/m1/s1. The zero-order valence-electron chi connectivity index (χ0n) is 18.1. The Bertz CT molecular complexity index is 1380. The average molecular weight is 457 g/mol. The minimum absolute atomic E-state index is 0.196. The molecule has 0 unspecified atom stereocenters. The third-order valence-corrected chi connectivity index (χ3v) is 6.42. The van der Waals surface area contributed by atoms with Crippen molar-refractivity contribution in [2.45, 2.75) is 19.1 Å². The van der Waals surface area contributed by atoms with Crippen LogP contribution in [0.25, 0.3) is 5.70 Å². The molecule has 0 aliphatic carbocycles. The van der Waals surface area contributed by atoms with Crippen LogP contribution in [0.2, 0.25) is 5.02 Å². The summed E-state index contributed by atoms with van der Waals surface area (Å²) in [5.41, 5.74) is 6.24. The Labute approximate surface area is 196 Å². The number of fused-ring (bicyclic) bond motifs is 3. The Hall–Kier alpha value is -3.77. The molecule has 1 N–H and O–H groups in total. The number of methoxy groups -OCH3 is 1. The number of benzene rings is 3. The lowest BCUT2D eigenvalue weighted by atomic mass is 9.84. The summed E-state index contributed by atoms with van der Waals surface area (Å²) in [6, 6.07) is 22.0. The van der Waals surface area contributed by atoms with Gasteiger partial charge in [-0.2, -0.15) is 10.1 Å². The number of nitrogens with one attached hydrogen (secondary N) is 1. The van der Waals surface area contributed by atoms with Crippen LogP contribution < -0.4 is 14.8 Å². The van der Waals surface area contributed by atoms with Crippen LogP contribution >= 0.6 is 11.6 Å². The number of anilines is 1. The van der Waals surface area contributed by atoms with E-state index in [9.17, 15) is 0 Å². The SMILES string of the molecule is COc1ccc([C@H]2Oc3ccc(Cl)cc3C3=C2[C@@H](c2ccc(C)cc2)n2ncnc2N3)cc1. The first-order valence-electron chi connectivity index (χ1n) is 10.7. The zero-order chi connectivity index (χ0) is 22.5. The number of rotatable bonds is 3. The Balaban J connectivity index is 1.61. The van der Waals surface area contributed by atoms with Crippen LogP contribution in [0.1, 0.15) is 34.4 Å². The zero-order valence-corrected chi connectivity index (χ0v) is 18.9. The van der Waals surface area contributed by atoms with Gasteiger partial charge in [-0.3, -0.25) is 0 Å². The molecule has 1 aromatic heterocycles. The van der Waals surface area contributed by atoms with Gasteiger partial charge in [0.25, 0.3) is 0 Å². The van der Waals surface area contributed by atoms with E-state index in [1.807, 2.05) is 47.1 Å². The topological polar surface area (TPSA) is 61.2 Å². The van der Waals surface area contributed by atoms with E-state index >= 15 is 0 Å². The van der Waals surface area contributed by atoms with Gasteiger partial charge in [0.05, 0.1) is 12.8 Å². The van der Waals surface area contributed by atoms with Crippen molar-refractivity contribution in [1.29, 1.82) is 0 Å². The van der Waals surface area contributed by atoms with E-state index in [4.69, 9.17) is 21.1 Å². The maximum atomic E-state index is 6.62. The first-order chi connectivity index (χ1) is 16.1. The second-order valence-electron chi connectivity index (χ2n) is 8.21. The summed E-state index contributed by atoms with van der Waals surface area (Å²) in [7, 11) is 1.66. The van der Waals surface area contributed by atoms with Gasteiger partial charge in [0.1, 0.15) is 30.0 Å². The quantitative estimate of drug-likeness (QED) is 0.421. The van der Waals surface area contributed by atoms with Crippen LogP contribution in [0.15, 0.2) is 78.6 Å². The maximum Gasteiger partial charge on any atom is 0.226 e. The fraction of sp³-hybridized carbons (Fsp3) is 0.154. The van der Waals surface area contributed by atoms with E-state index < -0.39 is 0 Å². The summed E-state index contributed by atoms with van der Waals surface area (Å²) in [6.45, 7) is 2.08. The Morgan fingerprint density at radius 2 is 1.76 bits per heavy atom. The lowest BCUT2D eigenvalue weighted by Crippen LogP contribution is -2.32. The largest absolute Gasteiger partial charge is 0.497 e. The van der Waals surface area contributed by atoms with Crippen LogP contribution in [-0.2, 0) is 0 Å². The molecule has 6 nitrogen and oxygen atoms in total. The number of halogens is 1. The molecule has 3 aromatic carbocycles. The molecule has 0 fully saturated rings. The average Bonchev–Trinajstić information content (AvgIpc) is 3.31. The first kappa shape index (κ1) is 19.9. The van der Waals surface area contributed by atoms with Crippen molar-refractivity contribution < 1.29 is 9.47 Å². The summed E-state index contributed by atoms with van der Waals surface area (Å²) >= 11 is 6.39. The number of nitrogens with zero attached hydrogens (tertiary/aromatic N) is 3. The van der Waals surface area contributed by atoms with Gasteiger partial charge in [0.15, 0.2) is 0 Å². The molecule has 7 heteroatoms. The smallest absolute Gasteiger partial charge is 0.226 e. The van der Waals surface area contributed by atoms with Gasteiger partial charge in [-0.15, -0.1) is 0 Å². The summed E-state index contributed by atoms with van der Waals surface area (Å²) in [6.07, 6.45) is 1.24. The maximum absolute atomic E-state index is 6.62. The van der Waals surface area contributed by atoms with Gasteiger partial charge < -0.3 is 14.8 Å². The molecule has 4 aromatic rings. The molecule has 0 amide bonds. The minimum Gasteiger partial charge on any atom is -0.497 e. The fourth-order valence-electron chi connectivity index (χ4n) is 4.56. The summed E-state index contributed by atoms with van der Waals surface area (Å²) in [4.78, 5) is 4.47. The molecule has 2 aliphatic heterocycles. The molecular formula is C26H21ClN4O2. The monoisotopic (exact) mass is 456 g/mol. The second-order valence-corrected chi connectivity index (χ2v) is 8.64.